The summed E-state index contributed by atoms with van der Waals surface area (Å²) in [4.78, 5) is 39.2. The van der Waals surface area contributed by atoms with Crippen molar-refractivity contribution in [1.29, 1.82) is 5.26 Å². The van der Waals surface area contributed by atoms with Gasteiger partial charge in [-0.15, -0.1) is 0 Å². The van der Waals surface area contributed by atoms with Crippen molar-refractivity contribution in [3.63, 3.8) is 0 Å². The van der Waals surface area contributed by atoms with Crippen molar-refractivity contribution in [1.82, 2.24) is 15.5 Å². The van der Waals surface area contributed by atoms with Gasteiger partial charge in [0.1, 0.15) is 17.8 Å². The van der Waals surface area contributed by atoms with Gasteiger partial charge in [-0.3, -0.25) is 9.59 Å². The number of rotatable bonds is 7. The van der Waals surface area contributed by atoms with Gasteiger partial charge >= 0.3 is 5.97 Å². The molecule has 2 amide bonds. The normalized spacial score (nSPS) is 35.3. The second kappa shape index (κ2) is 8.05. The van der Waals surface area contributed by atoms with Gasteiger partial charge in [0.15, 0.2) is 0 Å². The molecule has 1 aliphatic heterocycles. The maximum absolute atomic E-state index is 13.6. The fourth-order valence-electron chi connectivity index (χ4n) is 5.46. The number of amides is 2. The first-order valence-corrected chi connectivity index (χ1v) is 11.4. The van der Waals surface area contributed by atoms with E-state index in [1.807, 2.05) is 6.07 Å². The van der Waals surface area contributed by atoms with Crippen LogP contribution >= 0.6 is 0 Å². The summed E-state index contributed by atoms with van der Waals surface area (Å²) in [5.41, 5.74) is -1.50. The van der Waals surface area contributed by atoms with Crippen molar-refractivity contribution in [3.8, 4) is 6.07 Å². The van der Waals surface area contributed by atoms with Crippen LogP contribution in [0.2, 0.25) is 0 Å². The minimum Gasteiger partial charge on any atom is -0.464 e. The predicted molar refractivity (Wildman–Crippen MR) is 108 cm³/mol. The standard InChI is InChI=1S/C22H31FN4O4/c1-2-31-19(30)22(9-10-22)26-18(29)20-3-6-21(7-4-20,8-5-20)25-13-17(28)27-14-15(23)11-16(27)12-24/h15-16,25H,2-11,13-14H2,1H3,(H,26,29)/t15-,16-,20?,21?/m0/s1. The summed E-state index contributed by atoms with van der Waals surface area (Å²) in [7, 11) is 0. The third-order valence-corrected chi connectivity index (χ3v) is 7.83. The minimum absolute atomic E-state index is 0.0166. The number of halogens is 1. The van der Waals surface area contributed by atoms with E-state index in [4.69, 9.17) is 10.00 Å². The van der Waals surface area contributed by atoms with E-state index in [1.54, 1.807) is 6.92 Å². The maximum Gasteiger partial charge on any atom is 0.331 e. The Morgan fingerprint density at radius 3 is 2.32 bits per heavy atom. The van der Waals surface area contributed by atoms with E-state index in [0.29, 0.717) is 38.7 Å². The average Bonchev–Trinajstić information content (AvgIpc) is 3.46. The Kier molecular flexibility index (Phi) is 5.71. The van der Waals surface area contributed by atoms with Gasteiger partial charge in [-0.1, -0.05) is 0 Å². The molecule has 2 atom stereocenters. The average molecular weight is 435 g/mol. The van der Waals surface area contributed by atoms with Crippen LogP contribution in [0.1, 0.15) is 64.7 Å². The highest BCUT2D eigenvalue weighted by molar-refractivity contribution is 5.93. The molecular weight excluding hydrogens is 403 g/mol. The maximum atomic E-state index is 13.6. The Bertz CT molecular complexity index is 781. The first-order chi connectivity index (χ1) is 14.8. The molecule has 0 aromatic rings. The van der Waals surface area contributed by atoms with Crippen molar-refractivity contribution in [2.24, 2.45) is 5.41 Å². The smallest absolute Gasteiger partial charge is 0.331 e. The molecule has 0 radical (unpaired) electrons. The molecule has 0 unspecified atom stereocenters. The molecule has 9 heteroatoms. The Labute approximate surface area is 181 Å². The molecule has 2 bridgehead atoms. The van der Waals surface area contributed by atoms with Gasteiger partial charge in [0.2, 0.25) is 11.8 Å². The number of carbonyl (C=O) groups excluding carboxylic acids is 3. The lowest BCUT2D eigenvalue weighted by molar-refractivity contribution is -0.152. The van der Waals surface area contributed by atoms with E-state index >= 15 is 0 Å². The van der Waals surface area contributed by atoms with Crippen LogP contribution in [0.4, 0.5) is 4.39 Å². The Morgan fingerprint density at radius 1 is 1.13 bits per heavy atom. The molecule has 0 aromatic heterocycles. The summed E-state index contributed by atoms with van der Waals surface area (Å²) < 4.78 is 18.7. The van der Waals surface area contributed by atoms with Gasteiger partial charge in [-0.2, -0.15) is 5.26 Å². The highest BCUT2D eigenvalue weighted by Gasteiger charge is 2.58. The minimum atomic E-state index is -1.14. The van der Waals surface area contributed by atoms with Gasteiger partial charge in [0, 0.05) is 17.4 Å². The zero-order chi connectivity index (χ0) is 22.3. The first kappa shape index (κ1) is 22.0. The van der Waals surface area contributed by atoms with Crippen LogP contribution in [0.5, 0.6) is 0 Å². The number of ether oxygens (including phenoxy) is 1. The van der Waals surface area contributed by atoms with Gasteiger partial charge in [-0.25, -0.2) is 9.18 Å². The lowest BCUT2D eigenvalue weighted by Gasteiger charge is -2.53. The molecule has 31 heavy (non-hydrogen) atoms. The summed E-state index contributed by atoms with van der Waals surface area (Å²) in [5, 5.41) is 15.5. The zero-order valence-corrected chi connectivity index (χ0v) is 18.0. The topological polar surface area (TPSA) is 112 Å². The van der Waals surface area contributed by atoms with E-state index in [9.17, 15) is 18.8 Å². The summed E-state index contributed by atoms with van der Waals surface area (Å²) >= 11 is 0. The molecule has 4 saturated carbocycles. The molecule has 2 N–H and O–H groups in total. The predicted octanol–water partition coefficient (Wildman–Crippen LogP) is 1.34. The van der Waals surface area contributed by atoms with Crippen LogP contribution in [0.15, 0.2) is 0 Å². The van der Waals surface area contributed by atoms with E-state index in [1.165, 1.54) is 4.90 Å². The SMILES string of the molecule is CCOC(=O)C1(NC(=O)C23CCC(NCC(=O)N4C[C@@H](F)C[C@H]4C#N)(CC2)CC3)CC1. The molecular formula is C22H31FN4O4. The van der Waals surface area contributed by atoms with Gasteiger partial charge in [-0.05, 0) is 58.3 Å². The van der Waals surface area contributed by atoms with Crippen molar-refractivity contribution in [2.75, 3.05) is 19.7 Å². The molecule has 0 spiro atoms. The molecule has 8 nitrogen and oxygen atoms in total. The van der Waals surface area contributed by atoms with E-state index in [2.05, 4.69) is 10.6 Å². The Morgan fingerprint density at radius 2 is 1.77 bits per heavy atom. The molecule has 1 heterocycles. The number of nitriles is 1. The molecule has 0 aromatic carbocycles. The number of alkyl halides is 1. The molecule has 5 fully saturated rings. The first-order valence-electron chi connectivity index (χ1n) is 11.4. The summed E-state index contributed by atoms with van der Waals surface area (Å²) in [6.45, 7) is 2.12. The lowest BCUT2D eigenvalue weighted by Crippen LogP contribution is -2.61. The van der Waals surface area contributed by atoms with Crippen LogP contribution in [0.25, 0.3) is 0 Å². The number of nitrogens with one attached hydrogen (secondary N) is 2. The van der Waals surface area contributed by atoms with Crippen LogP contribution in [-0.2, 0) is 19.1 Å². The third-order valence-electron chi connectivity index (χ3n) is 7.83. The number of hydrogen-bond donors (Lipinski definition) is 2. The van der Waals surface area contributed by atoms with Crippen molar-refractivity contribution < 1.29 is 23.5 Å². The van der Waals surface area contributed by atoms with Crippen molar-refractivity contribution >= 4 is 17.8 Å². The Balaban J connectivity index is 1.31. The van der Waals surface area contributed by atoms with E-state index in [0.717, 1.165) is 19.3 Å². The van der Waals surface area contributed by atoms with Crippen LogP contribution in [0.3, 0.4) is 0 Å². The highest BCUT2D eigenvalue weighted by atomic mass is 19.1. The molecule has 170 valence electrons. The van der Waals surface area contributed by atoms with E-state index in [-0.39, 0.29) is 42.8 Å². The van der Waals surface area contributed by atoms with Gasteiger partial charge in [0.05, 0.1) is 25.8 Å². The van der Waals surface area contributed by atoms with Crippen LogP contribution in [-0.4, -0.2) is 65.7 Å². The molecule has 5 rings (SSSR count). The van der Waals surface area contributed by atoms with Gasteiger partial charge < -0.3 is 20.3 Å². The van der Waals surface area contributed by atoms with E-state index < -0.39 is 23.2 Å². The second-order valence-electron chi connectivity index (χ2n) is 9.69. The van der Waals surface area contributed by atoms with Gasteiger partial charge in [0.25, 0.3) is 0 Å². The molecule has 1 saturated heterocycles. The van der Waals surface area contributed by atoms with Crippen LogP contribution < -0.4 is 10.6 Å². The lowest BCUT2D eigenvalue weighted by atomic mass is 9.56. The van der Waals surface area contributed by atoms with Crippen LogP contribution in [0, 0.1) is 16.7 Å². The highest BCUT2D eigenvalue weighted by Crippen LogP contribution is 2.53. The number of fused-ring (bicyclic) bond motifs is 3. The molecule has 5 aliphatic rings. The zero-order valence-electron chi connectivity index (χ0n) is 18.0. The van der Waals surface area contributed by atoms with Crippen molar-refractivity contribution in [2.45, 2.75) is 88.0 Å². The van der Waals surface area contributed by atoms with Crippen molar-refractivity contribution in [3.05, 3.63) is 0 Å². The summed E-state index contributed by atoms with van der Waals surface area (Å²) in [5.74, 6) is -0.634. The third kappa shape index (κ3) is 4.02. The number of hydrogen-bond acceptors (Lipinski definition) is 6. The number of nitrogens with zero attached hydrogens (tertiary/aromatic N) is 2. The largest absolute Gasteiger partial charge is 0.464 e. The summed E-state index contributed by atoms with van der Waals surface area (Å²) in [6, 6.07) is 1.32. The number of esters is 1. The fraction of sp³-hybridized carbons (Fsp3) is 0.818. The Hall–Kier alpha value is -2.21. The quantitative estimate of drug-likeness (QED) is 0.585. The number of likely N-dealkylation sites (tertiary alicyclic amines) is 1. The number of carbonyl (C=O) groups is 3. The monoisotopic (exact) mass is 434 g/mol. The fourth-order valence-corrected chi connectivity index (χ4v) is 5.46. The summed E-state index contributed by atoms with van der Waals surface area (Å²) in [6.07, 6.45) is 4.62. The molecule has 4 aliphatic carbocycles. The second-order valence-corrected chi connectivity index (χ2v) is 9.69.